The van der Waals surface area contributed by atoms with Gasteiger partial charge in [0.1, 0.15) is 5.56 Å². The summed E-state index contributed by atoms with van der Waals surface area (Å²) < 4.78 is 0. The van der Waals surface area contributed by atoms with E-state index in [0.29, 0.717) is 32.5 Å². The molecule has 1 aromatic rings. The number of nitro benzene ring substituents is 1. The van der Waals surface area contributed by atoms with Crippen LogP contribution in [0.2, 0.25) is 0 Å². The molecule has 2 amide bonds. The van der Waals surface area contributed by atoms with Crippen molar-refractivity contribution in [1.29, 1.82) is 0 Å². The summed E-state index contributed by atoms with van der Waals surface area (Å²) in [5, 5.41) is 13.8. The zero-order valence-corrected chi connectivity index (χ0v) is 12.7. The van der Waals surface area contributed by atoms with Crippen LogP contribution in [0.3, 0.4) is 0 Å². The molecular weight excluding hydrogens is 300 g/mol. The van der Waals surface area contributed by atoms with Gasteiger partial charge in [-0.3, -0.25) is 19.7 Å². The first-order valence-electron chi connectivity index (χ1n) is 7.55. The minimum Gasteiger partial charge on any atom is -0.355 e. The summed E-state index contributed by atoms with van der Waals surface area (Å²) in [4.78, 5) is 36.6. The van der Waals surface area contributed by atoms with Crippen molar-refractivity contribution in [2.24, 2.45) is 11.7 Å². The van der Waals surface area contributed by atoms with Gasteiger partial charge >= 0.3 is 0 Å². The van der Waals surface area contributed by atoms with Gasteiger partial charge in [0.25, 0.3) is 11.6 Å². The van der Waals surface area contributed by atoms with Gasteiger partial charge in [0.2, 0.25) is 5.91 Å². The van der Waals surface area contributed by atoms with Crippen LogP contribution in [0.15, 0.2) is 24.3 Å². The van der Waals surface area contributed by atoms with Crippen molar-refractivity contribution < 1.29 is 14.5 Å². The van der Waals surface area contributed by atoms with E-state index in [1.807, 2.05) is 0 Å². The van der Waals surface area contributed by atoms with E-state index in [9.17, 15) is 19.7 Å². The smallest absolute Gasteiger partial charge is 0.282 e. The second kappa shape index (κ2) is 7.68. The number of piperidine rings is 1. The number of amides is 2. The lowest BCUT2D eigenvalue weighted by Crippen LogP contribution is -2.46. The van der Waals surface area contributed by atoms with Crippen LogP contribution in [0.5, 0.6) is 0 Å². The quantitative estimate of drug-likeness (QED) is 0.605. The average molecular weight is 320 g/mol. The van der Waals surface area contributed by atoms with Crippen molar-refractivity contribution in [3.63, 3.8) is 0 Å². The highest BCUT2D eigenvalue weighted by Crippen LogP contribution is 2.23. The Morgan fingerprint density at radius 3 is 2.83 bits per heavy atom. The highest BCUT2D eigenvalue weighted by molar-refractivity contribution is 5.98. The van der Waals surface area contributed by atoms with Gasteiger partial charge in [-0.2, -0.15) is 0 Å². The molecule has 8 nitrogen and oxygen atoms in total. The number of carbonyl (C=O) groups is 2. The van der Waals surface area contributed by atoms with Crippen LogP contribution in [0.4, 0.5) is 5.69 Å². The number of nitro groups is 1. The second-order valence-corrected chi connectivity index (χ2v) is 5.44. The largest absolute Gasteiger partial charge is 0.355 e. The molecule has 0 aromatic heterocycles. The predicted octanol–water partition coefficient (Wildman–Crippen LogP) is 0.522. The average Bonchev–Trinajstić information content (AvgIpc) is 2.59. The minimum absolute atomic E-state index is 0.0560. The highest BCUT2D eigenvalue weighted by Gasteiger charge is 2.31. The summed E-state index contributed by atoms with van der Waals surface area (Å²) >= 11 is 0. The normalized spacial score (nSPS) is 17.6. The van der Waals surface area contributed by atoms with Crippen LogP contribution >= 0.6 is 0 Å². The maximum Gasteiger partial charge on any atom is 0.282 e. The molecule has 1 aliphatic heterocycles. The van der Waals surface area contributed by atoms with Crippen molar-refractivity contribution in [2.75, 3.05) is 26.2 Å². The molecule has 124 valence electrons. The number of para-hydroxylation sites is 1. The van der Waals surface area contributed by atoms with E-state index < -0.39 is 10.8 Å². The molecule has 23 heavy (non-hydrogen) atoms. The van der Waals surface area contributed by atoms with Crippen molar-refractivity contribution in [2.45, 2.75) is 12.8 Å². The Labute approximate surface area is 133 Å². The van der Waals surface area contributed by atoms with Crippen molar-refractivity contribution in [3.8, 4) is 0 Å². The zero-order chi connectivity index (χ0) is 16.8. The molecule has 1 aromatic carbocycles. The van der Waals surface area contributed by atoms with Crippen LogP contribution in [-0.4, -0.2) is 47.8 Å². The van der Waals surface area contributed by atoms with Gasteiger partial charge in [-0.1, -0.05) is 12.1 Å². The van der Waals surface area contributed by atoms with Gasteiger partial charge < -0.3 is 16.0 Å². The number of nitrogens with one attached hydrogen (secondary N) is 1. The predicted molar refractivity (Wildman–Crippen MR) is 83.8 cm³/mol. The fourth-order valence-electron chi connectivity index (χ4n) is 2.70. The third-order valence-corrected chi connectivity index (χ3v) is 3.85. The third kappa shape index (κ3) is 4.04. The summed E-state index contributed by atoms with van der Waals surface area (Å²) in [6.45, 7) is 1.51. The van der Waals surface area contributed by atoms with E-state index in [-0.39, 0.29) is 29.6 Å². The molecule has 0 spiro atoms. The Morgan fingerprint density at radius 1 is 1.39 bits per heavy atom. The van der Waals surface area contributed by atoms with Crippen LogP contribution in [0.25, 0.3) is 0 Å². The van der Waals surface area contributed by atoms with Gasteiger partial charge in [-0.15, -0.1) is 0 Å². The first-order valence-corrected chi connectivity index (χ1v) is 7.55. The van der Waals surface area contributed by atoms with Gasteiger partial charge in [0.15, 0.2) is 0 Å². The number of rotatable bonds is 5. The molecule has 0 saturated carbocycles. The maximum absolute atomic E-state index is 12.6. The van der Waals surface area contributed by atoms with Crippen molar-refractivity contribution in [1.82, 2.24) is 10.2 Å². The number of benzene rings is 1. The zero-order valence-electron chi connectivity index (χ0n) is 12.7. The van der Waals surface area contributed by atoms with Crippen LogP contribution < -0.4 is 11.1 Å². The lowest BCUT2D eigenvalue weighted by molar-refractivity contribution is -0.385. The summed E-state index contributed by atoms with van der Waals surface area (Å²) in [6.07, 6.45) is 1.38. The number of carbonyl (C=O) groups excluding carboxylic acids is 2. The van der Waals surface area contributed by atoms with Crippen LogP contribution in [0, 0.1) is 16.0 Å². The van der Waals surface area contributed by atoms with E-state index in [1.54, 1.807) is 6.07 Å². The molecule has 1 unspecified atom stereocenters. The van der Waals surface area contributed by atoms with Gasteiger partial charge in [0.05, 0.1) is 10.8 Å². The number of likely N-dealkylation sites (tertiary alicyclic amines) is 1. The number of nitrogens with zero attached hydrogens (tertiary/aromatic N) is 2. The van der Waals surface area contributed by atoms with Crippen molar-refractivity contribution >= 4 is 17.5 Å². The molecule has 2 rings (SSSR count). The van der Waals surface area contributed by atoms with E-state index in [1.165, 1.54) is 23.1 Å². The second-order valence-electron chi connectivity index (χ2n) is 5.44. The van der Waals surface area contributed by atoms with Gasteiger partial charge in [0, 0.05) is 32.2 Å². The summed E-state index contributed by atoms with van der Waals surface area (Å²) in [6, 6.07) is 5.87. The highest BCUT2D eigenvalue weighted by atomic mass is 16.6. The molecule has 0 bridgehead atoms. The van der Waals surface area contributed by atoms with Gasteiger partial charge in [-0.25, -0.2) is 0 Å². The summed E-state index contributed by atoms with van der Waals surface area (Å²) in [5.74, 6) is -0.842. The Hall–Kier alpha value is -2.48. The molecule has 3 N–H and O–H groups in total. The van der Waals surface area contributed by atoms with E-state index >= 15 is 0 Å². The molecule has 0 radical (unpaired) electrons. The number of nitrogens with two attached hydrogens (primary N) is 1. The van der Waals surface area contributed by atoms with E-state index in [4.69, 9.17) is 5.73 Å². The summed E-state index contributed by atoms with van der Waals surface area (Å²) in [7, 11) is 0. The molecule has 1 fully saturated rings. The Bertz CT molecular complexity index is 605. The van der Waals surface area contributed by atoms with Gasteiger partial charge in [-0.05, 0) is 18.9 Å². The van der Waals surface area contributed by atoms with Crippen LogP contribution in [0.1, 0.15) is 23.2 Å². The summed E-state index contributed by atoms with van der Waals surface area (Å²) in [5.41, 5.74) is 5.20. The van der Waals surface area contributed by atoms with Crippen LogP contribution in [-0.2, 0) is 4.79 Å². The molecule has 1 aliphatic rings. The first-order chi connectivity index (χ1) is 11.0. The van der Waals surface area contributed by atoms with E-state index in [2.05, 4.69) is 5.32 Å². The SMILES string of the molecule is NCCNC(=O)C1CCCN(C(=O)c2ccccc2[N+](=O)[O-])C1. The standard InChI is InChI=1S/C15H20N4O4/c16-7-8-17-14(20)11-4-3-9-18(10-11)15(21)12-5-1-2-6-13(12)19(22)23/h1-2,5-6,11H,3-4,7-10,16H2,(H,17,20). The molecular formula is C15H20N4O4. The third-order valence-electron chi connectivity index (χ3n) is 3.85. The molecule has 0 aliphatic carbocycles. The molecule has 8 heteroatoms. The van der Waals surface area contributed by atoms with Crippen molar-refractivity contribution in [3.05, 3.63) is 39.9 Å². The fourth-order valence-corrected chi connectivity index (χ4v) is 2.70. The Balaban J connectivity index is 2.11. The molecule has 1 saturated heterocycles. The minimum atomic E-state index is -0.567. The molecule has 1 heterocycles. The monoisotopic (exact) mass is 320 g/mol. The number of hydrogen-bond donors (Lipinski definition) is 2. The lowest BCUT2D eigenvalue weighted by atomic mass is 9.96. The fraction of sp³-hybridized carbons (Fsp3) is 0.467. The van der Waals surface area contributed by atoms with E-state index in [0.717, 1.165) is 0 Å². The maximum atomic E-state index is 12.6. The first kappa shape index (κ1) is 16.9. The lowest BCUT2D eigenvalue weighted by Gasteiger charge is -2.32. The topological polar surface area (TPSA) is 119 Å². The molecule has 1 atom stereocenters. The Morgan fingerprint density at radius 2 is 2.13 bits per heavy atom. The Kier molecular flexibility index (Phi) is 5.64. The number of hydrogen-bond acceptors (Lipinski definition) is 5.